The Morgan fingerprint density at radius 3 is 2.38 bits per heavy atom. The van der Waals surface area contributed by atoms with E-state index >= 15 is 0 Å². The molecule has 0 bridgehead atoms. The molecule has 3 amide bonds. The molecule has 1 N–H and O–H groups in total. The summed E-state index contributed by atoms with van der Waals surface area (Å²) in [5, 5.41) is 2.19. The summed E-state index contributed by atoms with van der Waals surface area (Å²) in [6, 6.07) is 20.3. The summed E-state index contributed by atoms with van der Waals surface area (Å²) in [5.74, 6) is -0.571. The van der Waals surface area contributed by atoms with Crippen LogP contribution in [0, 0.1) is 0 Å². The van der Waals surface area contributed by atoms with Crippen LogP contribution in [0.3, 0.4) is 0 Å². The second-order valence-electron chi connectivity index (χ2n) is 7.74. The number of esters is 1. The molecule has 0 unspecified atom stereocenters. The standard InChI is InChI=1S/C27H22N2O6S2/c1-34-20-12-8-18(9-13-20)26(32)35-21-10-6-17(7-11-21)14-23-25(31)29(27(33)37-23)16-24(30)28-19-4-3-5-22(15-19)36-2/h3-15H,16H2,1-2H3,(H,28,30)/b23-14+. The minimum Gasteiger partial charge on any atom is -0.497 e. The molecule has 3 aromatic rings. The normalized spacial score (nSPS) is 14.1. The predicted molar refractivity (Wildman–Crippen MR) is 144 cm³/mol. The van der Waals surface area contributed by atoms with E-state index < -0.39 is 23.0 Å². The van der Waals surface area contributed by atoms with E-state index in [1.807, 2.05) is 24.5 Å². The molecule has 1 aliphatic heterocycles. The number of anilines is 1. The van der Waals surface area contributed by atoms with E-state index in [0.29, 0.717) is 28.3 Å². The van der Waals surface area contributed by atoms with Gasteiger partial charge >= 0.3 is 5.97 Å². The van der Waals surface area contributed by atoms with Crippen molar-refractivity contribution >= 4 is 58.3 Å². The van der Waals surface area contributed by atoms with Gasteiger partial charge in [0.25, 0.3) is 11.1 Å². The number of benzene rings is 3. The van der Waals surface area contributed by atoms with E-state index in [1.165, 1.54) is 11.8 Å². The number of nitrogens with one attached hydrogen (secondary N) is 1. The summed E-state index contributed by atoms with van der Waals surface area (Å²) in [6.45, 7) is -0.383. The van der Waals surface area contributed by atoms with Crippen molar-refractivity contribution in [3.05, 3.63) is 88.8 Å². The smallest absolute Gasteiger partial charge is 0.343 e. The largest absolute Gasteiger partial charge is 0.497 e. The van der Waals surface area contributed by atoms with Crippen LogP contribution in [0.5, 0.6) is 11.5 Å². The first-order valence-electron chi connectivity index (χ1n) is 11.0. The van der Waals surface area contributed by atoms with Crippen molar-refractivity contribution in [2.24, 2.45) is 0 Å². The molecule has 4 rings (SSSR count). The average molecular weight is 535 g/mol. The third kappa shape index (κ3) is 6.60. The Bertz CT molecular complexity index is 1370. The third-order valence-electron chi connectivity index (χ3n) is 5.24. The lowest BCUT2D eigenvalue weighted by Gasteiger charge is -2.12. The van der Waals surface area contributed by atoms with Gasteiger partial charge in [-0.2, -0.15) is 0 Å². The maximum absolute atomic E-state index is 12.8. The second-order valence-corrected chi connectivity index (χ2v) is 9.61. The molecule has 10 heteroatoms. The highest BCUT2D eigenvalue weighted by atomic mass is 32.2. The van der Waals surface area contributed by atoms with Gasteiger partial charge in [0.05, 0.1) is 17.6 Å². The molecule has 37 heavy (non-hydrogen) atoms. The average Bonchev–Trinajstić information content (AvgIpc) is 3.17. The van der Waals surface area contributed by atoms with E-state index in [-0.39, 0.29) is 11.4 Å². The molecule has 1 fully saturated rings. The molecule has 1 saturated heterocycles. The fourth-order valence-corrected chi connectivity index (χ4v) is 4.66. The van der Waals surface area contributed by atoms with Gasteiger partial charge in [0.15, 0.2) is 0 Å². The van der Waals surface area contributed by atoms with Crippen LogP contribution in [-0.4, -0.2) is 47.8 Å². The van der Waals surface area contributed by atoms with Crippen LogP contribution in [0.15, 0.2) is 82.6 Å². The summed E-state index contributed by atoms with van der Waals surface area (Å²) in [7, 11) is 1.54. The number of ether oxygens (including phenoxy) is 2. The Morgan fingerprint density at radius 1 is 1.00 bits per heavy atom. The molecule has 0 aliphatic carbocycles. The van der Waals surface area contributed by atoms with E-state index in [4.69, 9.17) is 9.47 Å². The summed E-state index contributed by atoms with van der Waals surface area (Å²) in [6.07, 6.45) is 3.48. The first-order chi connectivity index (χ1) is 17.9. The van der Waals surface area contributed by atoms with Crippen molar-refractivity contribution in [2.75, 3.05) is 25.2 Å². The van der Waals surface area contributed by atoms with E-state index in [2.05, 4.69) is 5.32 Å². The number of nitrogens with zero attached hydrogens (tertiary/aromatic N) is 1. The maximum atomic E-state index is 12.8. The van der Waals surface area contributed by atoms with Gasteiger partial charge in [0.1, 0.15) is 18.0 Å². The van der Waals surface area contributed by atoms with E-state index in [1.54, 1.807) is 67.8 Å². The van der Waals surface area contributed by atoms with Crippen LogP contribution in [0.4, 0.5) is 10.5 Å². The van der Waals surface area contributed by atoms with Crippen LogP contribution in [0.25, 0.3) is 6.08 Å². The Morgan fingerprint density at radius 2 is 1.70 bits per heavy atom. The predicted octanol–water partition coefficient (Wildman–Crippen LogP) is 5.31. The number of methoxy groups -OCH3 is 1. The number of hydrogen-bond donors (Lipinski definition) is 1. The molecular formula is C27H22N2O6S2. The number of carbonyl (C=O) groups excluding carboxylic acids is 4. The lowest BCUT2D eigenvalue weighted by atomic mass is 10.2. The zero-order valence-corrected chi connectivity index (χ0v) is 21.6. The van der Waals surface area contributed by atoms with Crippen molar-refractivity contribution in [3.63, 3.8) is 0 Å². The molecule has 0 saturated carbocycles. The first kappa shape index (κ1) is 26.1. The van der Waals surface area contributed by atoms with Crippen LogP contribution >= 0.6 is 23.5 Å². The highest BCUT2D eigenvalue weighted by Crippen LogP contribution is 2.32. The van der Waals surface area contributed by atoms with Gasteiger partial charge in [-0.15, -0.1) is 11.8 Å². The lowest BCUT2D eigenvalue weighted by Crippen LogP contribution is -2.36. The van der Waals surface area contributed by atoms with E-state index in [0.717, 1.165) is 21.6 Å². The number of amides is 3. The summed E-state index contributed by atoms with van der Waals surface area (Å²) < 4.78 is 10.5. The van der Waals surface area contributed by atoms with Gasteiger partial charge in [0, 0.05) is 10.6 Å². The number of thioether (sulfide) groups is 2. The fourth-order valence-electron chi connectivity index (χ4n) is 3.36. The Kier molecular flexibility index (Phi) is 8.32. The summed E-state index contributed by atoms with van der Waals surface area (Å²) in [5.41, 5.74) is 1.60. The molecule has 0 spiro atoms. The van der Waals surface area contributed by atoms with Gasteiger partial charge < -0.3 is 14.8 Å². The van der Waals surface area contributed by atoms with Gasteiger partial charge in [0.2, 0.25) is 5.91 Å². The Hall–Kier alpha value is -4.02. The summed E-state index contributed by atoms with van der Waals surface area (Å²) in [4.78, 5) is 52.0. The quantitative estimate of drug-likeness (QED) is 0.180. The lowest BCUT2D eigenvalue weighted by molar-refractivity contribution is -0.127. The molecular weight excluding hydrogens is 512 g/mol. The van der Waals surface area contributed by atoms with Crippen molar-refractivity contribution in [3.8, 4) is 11.5 Å². The number of rotatable bonds is 8. The third-order valence-corrected chi connectivity index (χ3v) is 6.88. The number of hydrogen-bond acceptors (Lipinski definition) is 8. The molecule has 0 radical (unpaired) electrons. The van der Waals surface area contributed by atoms with Gasteiger partial charge in [-0.3, -0.25) is 19.3 Å². The molecule has 0 aromatic heterocycles. The van der Waals surface area contributed by atoms with Crippen molar-refractivity contribution in [1.29, 1.82) is 0 Å². The Balaban J connectivity index is 1.37. The van der Waals surface area contributed by atoms with Crippen LogP contribution < -0.4 is 14.8 Å². The highest BCUT2D eigenvalue weighted by Gasteiger charge is 2.36. The molecule has 188 valence electrons. The zero-order chi connectivity index (χ0) is 26.4. The van der Waals surface area contributed by atoms with Gasteiger partial charge in [-0.1, -0.05) is 18.2 Å². The minimum atomic E-state index is -0.543. The van der Waals surface area contributed by atoms with Gasteiger partial charge in [-0.25, -0.2) is 4.79 Å². The zero-order valence-electron chi connectivity index (χ0n) is 19.9. The van der Waals surface area contributed by atoms with Crippen LogP contribution in [-0.2, 0) is 9.59 Å². The highest BCUT2D eigenvalue weighted by molar-refractivity contribution is 8.18. The van der Waals surface area contributed by atoms with Crippen molar-refractivity contribution in [1.82, 2.24) is 4.90 Å². The molecule has 0 atom stereocenters. The topological polar surface area (TPSA) is 102 Å². The minimum absolute atomic E-state index is 0.199. The summed E-state index contributed by atoms with van der Waals surface area (Å²) >= 11 is 2.30. The van der Waals surface area contributed by atoms with Crippen molar-refractivity contribution < 1.29 is 28.7 Å². The number of imide groups is 1. The first-order valence-corrected chi connectivity index (χ1v) is 13.1. The molecule has 8 nitrogen and oxygen atoms in total. The molecule has 1 aliphatic rings. The second kappa shape index (κ2) is 11.8. The SMILES string of the molecule is COc1ccc(C(=O)Oc2ccc(/C=C3/SC(=O)N(CC(=O)Nc4cccc(SC)c4)C3=O)cc2)cc1. The molecule has 3 aromatic carbocycles. The Labute approximate surface area is 222 Å². The molecule has 1 heterocycles. The van der Waals surface area contributed by atoms with Crippen LogP contribution in [0.1, 0.15) is 15.9 Å². The van der Waals surface area contributed by atoms with Crippen LogP contribution in [0.2, 0.25) is 0 Å². The number of carbonyl (C=O) groups is 4. The monoisotopic (exact) mass is 534 g/mol. The fraction of sp³-hybridized carbons (Fsp3) is 0.111. The van der Waals surface area contributed by atoms with E-state index in [9.17, 15) is 19.2 Å². The maximum Gasteiger partial charge on any atom is 0.343 e. The van der Waals surface area contributed by atoms with Crippen molar-refractivity contribution in [2.45, 2.75) is 4.90 Å². The van der Waals surface area contributed by atoms with Gasteiger partial charge in [-0.05, 0) is 84.3 Å².